The maximum atomic E-state index is 13.4. The standard InChI is InChI=1S/C11H12FNO2/c1-15-11-6-3-2-4-9(14)10(6)8(13)5-7(11)12/h5H,2-4,13H2,1H3. The molecule has 0 saturated carbocycles. The Kier molecular flexibility index (Phi) is 2.34. The van der Waals surface area contributed by atoms with Crippen LogP contribution in [0.15, 0.2) is 6.07 Å². The van der Waals surface area contributed by atoms with Gasteiger partial charge < -0.3 is 10.5 Å². The molecule has 0 bridgehead atoms. The van der Waals surface area contributed by atoms with Crippen molar-refractivity contribution in [3.63, 3.8) is 0 Å². The number of benzene rings is 1. The Labute approximate surface area is 87.0 Å². The number of nitrogens with two attached hydrogens (primary N) is 1. The van der Waals surface area contributed by atoms with Gasteiger partial charge in [-0.2, -0.15) is 0 Å². The number of ether oxygens (including phenoxy) is 1. The van der Waals surface area contributed by atoms with Gasteiger partial charge in [0.15, 0.2) is 17.3 Å². The molecule has 1 aliphatic rings. The number of Topliss-reactive ketones (excluding diaryl/α,β-unsaturated/α-hetero) is 1. The quantitative estimate of drug-likeness (QED) is 0.719. The van der Waals surface area contributed by atoms with Crippen molar-refractivity contribution >= 4 is 11.5 Å². The zero-order valence-electron chi connectivity index (χ0n) is 8.47. The molecule has 0 radical (unpaired) electrons. The maximum Gasteiger partial charge on any atom is 0.167 e. The number of hydrogen-bond acceptors (Lipinski definition) is 3. The maximum absolute atomic E-state index is 13.4. The molecule has 0 atom stereocenters. The second kappa shape index (κ2) is 3.53. The van der Waals surface area contributed by atoms with E-state index in [4.69, 9.17) is 10.5 Å². The van der Waals surface area contributed by atoms with Gasteiger partial charge in [0, 0.05) is 29.3 Å². The van der Waals surface area contributed by atoms with Gasteiger partial charge in [0.1, 0.15) is 0 Å². The van der Waals surface area contributed by atoms with E-state index in [9.17, 15) is 9.18 Å². The summed E-state index contributed by atoms with van der Waals surface area (Å²) in [5.41, 5.74) is 6.92. The van der Waals surface area contributed by atoms with E-state index in [1.807, 2.05) is 0 Å². The molecule has 2 N–H and O–H groups in total. The molecule has 1 aromatic carbocycles. The molecule has 15 heavy (non-hydrogen) atoms. The molecule has 0 amide bonds. The van der Waals surface area contributed by atoms with E-state index in [0.717, 1.165) is 12.5 Å². The number of methoxy groups -OCH3 is 1. The van der Waals surface area contributed by atoms with Gasteiger partial charge in [0.2, 0.25) is 0 Å². The Hall–Kier alpha value is -1.58. The van der Waals surface area contributed by atoms with E-state index < -0.39 is 5.82 Å². The average Bonchev–Trinajstić information content (AvgIpc) is 2.17. The molecule has 0 unspecified atom stereocenters. The summed E-state index contributed by atoms with van der Waals surface area (Å²) in [6.45, 7) is 0. The Morgan fingerprint density at radius 2 is 2.20 bits per heavy atom. The van der Waals surface area contributed by atoms with Crippen molar-refractivity contribution in [1.29, 1.82) is 0 Å². The van der Waals surface area contributed by atoms with E-state index in [1.54, 1.807) is 0 Å². The Bertz CT molecular complexity index is 429. The predicted molar refractivity (Wildman–Crippen MR) is 54.6 cm³/mol. The molecule has 3 nitrogen and oxygen atoms in total. The van der Waals surface area contributed by atoms with Gasteiger partial charge in [0.05, 0.1) is 7.11 Å². The average molecular weight is 209 g/mol. The van der Waals surface area contributed by atoms with E-state index in [1.165, 1.54) is 7.11 Å². The van der Waals surface area contributed by atoms with Crippen molar-refractivity contribution in [1.82, 2.24) is 0 Å². The van der Waals surface area contributed by atoms with Crippen LogP contribution >= 0.6 is 0 Å². The summed E-state index contributed by atoms with van der Waals surface area (Å²) >= 11 is 0. The Balaban J connectivity index is 2.70. The van der Waals surface area contributed by atoms with E-state index in [0.29, 0.717) is 24.0 Å². The first-order valence-corrected chi connectivity index (χ1v) is 4.83. The second-order valence-electron chi connectivity index (χ2n) is 3.61. The molecule has 80 valence electrons. The molecule has 0 spiro atoms. The van der Waals surface area contributed by atoms with Crippen LogP contribution in [-0.4, -0.2) is 12.9 Å². The zero-order valence-corrected chi connectivity index (χ0v) is 8.47. The zero-order chi connectivity index (χ0) is 11.0. The van der Waals surface area contributed by atoms with Crippen LogP contribution in [0.2, 0.25) is 0 Å². The van der Waals surface area contributed by atoms with Crippen LogP contribution in [0.3, 0.4) is 0 Å². The third-order valence-corrected chi connectivity index (χ3v) is 2.68. The largest absolute Gasteiger partial charge is 0.493 e. The van der Waals surface area contributed by atoms with Crippen LogP contribution < -0.4 is 10.5 Å². The van der Waals surface area contributed by atoms with E-state index in [2.05, 4.69) is 0 Å². The minimum absolute atomic E-state index is 0.0212. The highest BCUT2D eigenvalue weighted by atomic mass is 19.1. The second-order valence-corrected chi connectivity index (χ2v) is 3.61. The van der Waals surface area contributed by atoms with Crippen molar-refractivity contribution in [3.8, 4) is 5.75 Å². The Morgan fingerprint density at radius 3 is 2.87 bits per heavy atom. The summed E-state index contributed by atoms with van der Waals surface area (Å²) in [6.07, 6.45) is 1.85. The van der Waals surface area contributed by atoms with Gasteiger partial charge in [0.25, 0.3) is 0 Å². The summed E-state index contributed by atoms with van der Waals surface area (Å²) in [5.74, 6) is -0.359. The van der Waals surface area contributed by atoms with E-state index in [-0.39, 0.29) is 17.2 Å². The van der Waals surface area contributed by atoms with Crippen LogP contribution in [0.25, 0.3) is 0 Å². The first kappa shape index (κ1) is 9.96. The van der Waals surface area contributed by atoms with Crippen LogP contribution in [-0.2, 0) is 6.42 Å². The molecular weight excluding hydrogens is 197 g/mol. The van der Waals surface area contributed by atoms with Crippen molar-refractivity contribution < 1.29 is 13.9 Å². The lowest BCUT2D eigenvalue weighted by Crippen LogP contribution is -2.15. The molecule has 2 rings (SSSR count). The lowest BCUT2D eigenvalue weighted by Gasteiger charge is -2.19. The summed E-state index contributed by atoms with van der Waals surface area (Å²) in [7, 11) is 1.40. The molecule has 1 aliphatic carbocycles. The normalized spacial score (nSPS) is 14.9. The molecule has 0 aliphatic heterocycles. The van der Waals surface area contributed by atoms with Crippen LogP contribution in [0.1, 0.15) is 28.8 Å². The van der Waals surface area contributed by atoms with Gasteiger partial charge in [-0.25, -0.2) is 4.39 Å². The minimum Gasteiger partial charge on any atom is -0.493 e. The lowest BCUT2D eigenvalue weighted by atomic mass is 9.88. The third-order valence-electron chi connectivity index (χ3n) is 2.68. The molecule has 1 aromatic rings. The van der Waals surface area contributed by atoms with Crippen molar-refractivity contribution in [2.24, 2.45) is 0 Å². The van der Waals surface area contributed by atoms with Crippen LogP contribution in [0.5, 0.6) is 5.75 Å². The SMILES string of the molecule is COc1c(F)cc(N)c2c1CCCC2=O. The van der Waals surface area contributed by atoms with Crippen LogP contribution in [0, 0.1) is 5.82 Å². The highest BCUT2D eigenvalue weighted by Gasteiger charge is 2.25. The minimum atomic E-state index is -0.497. The summed E-state index contributed by atoms with van der Waals surface area (Å²) in [5, 5.41) is 0. The van der Waals surface area contributed by atoms with Crippen LogP contribution in [0.4, 0.5) is 10.1 Å². The van der Waals surface area contributed by atoms with Gasteiger partial charge in [-0.1, -0.05) is 0 Å². The molecular formula is C11H12FNO2. The van der Waals surface area contributed by atoms with Gasteiger partial charge >= 0.3 is 0 Å². The molecule has 0 heterocycles. The lowest BCUT2D eigenvalue weighted by molar-refractivity contribution is 0.0972. The Morgan fingerprint density at radius 1 is 1.47 bits per heavy atom. The van der Waals surface area contributed by atoms with Gasteiger partial charge in [-0.3, -0.25) is 4.79 Å². The van der Waals surface area contributed by atoms with Gasteiger partial charge in [-0.05, 0) is 12.8 Å². The van der Waals surface area contributed by atoms with Gasteiger partial charge in [-0.15, -0.1) is 0 Å². The van der Waals surface area contributed by atoms with Crippen molar-refractivity contribution in [2.75, 3.05) is 12.8 Å². The molecule has 0 aromatic heterocycles. The number of hydrogen-bond donors (Lipinski definition) is 1. The number of nitrogen functional groups attached to an aromatic ring is 1. The number of anilines is 1. The summed E-state index contributed by atoms with van der Waals surface area (Å²) in [4.78, 5) is 11.6. The first-order chi connectivity index (χ1) is 7.15. The fourth-order valence-corrected chi connectivity index (χ4v) is 2.05. The monoisotopic (exact) mass is 209 g/mol. The summed E-state index contributed by atoms with van der Waals surface area (Å²) in [6, 6.07) is 1.15. The third kappa shape index (κ3) is 1.46. The number of carbonyl (C=O) groups is 1. The molecule has 0 saturated heterocycles. The number of carbonyl (C=O) groups excluding carboxylic acids is 1. The fourth-order valence-electron chi connectivity index (χ4n) is 2.05. The number of fused-ring (bicyclic) bond motifs is 1. The smallest absolute Gasteiger partial charge is 0.167 e. The summed E-state index contributed by atoms with van der Waals surface area (Å²) < 4.78 is 18.4. The highest BCUT2D eigenvalue weighted by molar-refractivity contribution is 6.03. The highest BCUT2D eigenvalue weighted by Crippen LogP contribution is 2.35. The number of ketones is 1. The number of rotatable bonds is 1. The predicted octanol–water partition coefficient (Wildman–Crippen LogP) is 1.94. The topological polar surface area (TPSA) is 52.3 Å². The van der Waals surface area contributed by atoms with Crippen molar-refractivity contribution in [3.05, 3.63) is 23.0 Å². The van der Waals surface area contributed by atoms with Crippen molar-refractivity contribution in [2.45, 2.75) is 19.3 Å². The molecule has 4 heteroatoms. The number of halogens is 1. The fraction of sp³-hybridized carbons (Fsp3) is 0.364. The molecule has 0 fully saturated rings. The first-order valence-electron chi connectivity index (χ1n) is 4.83. The van der Waals surface area contributed by atoms with E-state index >= 15 is 0 Å².